The van der Waals surface area contributed by atoms with Gasteiger partial charge >= 0.3 is 5.97 Å². The topological polar surface area (TPSA) is 69.6 Å². The molecular formula is C11H18N2O3. The van der Waals surface area contributed by atoms with Crippen LogP contribution in [0.3, 0.4) is 0 Å². The van der Waals surface area contributed by atoms with Gasteiger partial charge in [-0.3, -0.25) is 9.59 Å². The van der Waals surface area contributed by atoms with Crippen molar-refractivity contribution in [3.8, 4) is 0 Å². The highest BCUT2D eigenvalue weighted by Crippen LogP contribution is 2.21. The third-order valence-corrected chi connectivity index (χ3v) is 3.50. The molecule has 2 aliphatic rings. The Labute approximate surface area is 94.8 Å². The molecule has 0 aromatic heterocycles. The molecule has 2 heterocycles. The summed E-state index contributed by atoms with van der Waals surface area (Å²) < 4.78 is 0. The number of piperidine rings is 1. The van der Waals surface area contributed by atoms with Crippen molar-refractivity contribution in [2.75, 3.05) is 26.2 Å². The Kier molecular flexibility index (Phi) is 3.43. The average molecular weight is 226 g/mol. The molecule has 0 aliphatic carbocycles. The van der Waals surface area contributed by atoms with Crippen molar-refractivity contribution in [1.82, 2.24) is 10.2 Å². The summed E-state index contributed by atoms with van der Waals surface area (Å²) in [5.41, 5.74) is 0. The zero-order chi connectivity index (χ0) is 11.5. The van der Waals surface area contributed by atoms with Crippen LogP contribution in [0.1, 0.15) is 19.3 Å². The number of nitrogens with one attached hydrogen (secondary N) is 1. The van der Waals surface area contributed by atoms with Gasteiger partial charge in [0.25, 0.3) is 0 Å². The number of carboxylic acids is 1. The van der Waals surface area contributed by atoms with Crippen molar-refractivity contribution >= 4 is 11.9 Å². The van der Waals surface area contributed by atoms with Crippen molar-refractivity contribution in [1.29, 1.82) is 0 Å². The number of carbonyl (C=O) groups excluding carboxylic acids is 1. The minimum atomic E-state index is -0.846. The standard InChI is InChI=1S/C11H18N2O3/c14-10-5-9(11(15)16)7-13(10)6-8-1-3-12-4-2-8/h8-9,12H,1-7H2,(H,15,16). The lowest BCUT2D eigenvalue weighted by molar-refractivity contribution is -0.141. The highest BCUT2D eigenvalue weighted by molar-refractivity contribution is 5.86. The third-order valence-electron chi connectivity index (χ3n) is 3.50. The second kappa shape index (κ2) is 4.82. The number of amides is 1. The molecular weight excluding hydrogens is 208 g/mol. The fraction of sp³-hybridized carbons (Fsp3) is 0.818. The lowest BCUT2D eigenvalue weighted by Crippen LogP contribution is -2.37. The molecule has 5 nitrogen and oxygen atoms in total. The Morgan fingerprint density at radius 2 is 2.12 bits per heavy atom. The first-order chi connectivity index (χ1) is 7.66. The van der Waals surface area contributed by atoms with E-state index in [2.05, 4.69) is 5.32 Å². The van der Waals surface area contributed by atoms with Gasteiger partial charge in [-0.05, 0) is 31.8 Å². The summed E-state index contributed by atoms with van der Waals surface area (Å²) in [5.74, 6) is -0.793. The van der Waals surface area contributed by atoms with Crippen LogP contribution in [0.4, 0.5) is 0 Å². The minimum Gasteiger partial charge on any atom is -0.481 e. The molecule has 5 heteroatoms. The van der Waals surface area contributed by atoms with Gasteiger partial charge in [0.1, 0.15) is 0 Å². The van der Waals surface area contributed by atoms with Crippen molar-refractivity contribution in [2.45, 2.75) is 19.3 Å². The highest BCUT2D eigenvalue weighted by Gasteiger charge is 2.35. The van der Waals surface area contributed by atoms with E-state index < -0.39 is 11.9 Å². The number of likely N-dealkylation sites (tertiary alicyclic amines) is 1. The number of carbonyl (C=O) groups is 2. The summed E-state index contributed by atoms with van der Waals surface area (Å²) in [4.78, 5) is 24.1. The number of hydrogen-bond donors (Lipinski definition) is 2. The molecule has 0 saturated carbocycles. The van der Waals surface area contributed by atoms with Crippen LogP contribution < -0.4 is 5.32 Å². The van der Waals surface area contributed by atoms with E-state index in [-0.39, 0.29) is 12.3 Å². The lowest BCUT2D eigenvalue weighted by Gasteiger charge is -2.27. The Balaban J connectivity index is 1.85. The fourth-order valence-corrected chi connectivity index (χ4v) is 2.49. The van der Waals surface area contributed by atoms with Gasteiger partial charge in [0, 0.05) is 19.5 Å². The first-order valence-corrected chi connectivity index (χ1v) is 5.88. The Morgan fingerprint density at radius 1 is 1.44 bits per heavy atom. The molecule has 1 atom stereocenters. The summed E-state index contributed by atoms with van der Waals surface area (Å²) in [6.07, 6.45) is 2.35. The number of aliphatic carboxylic acids is 1. The summed E-state index contributed by atoms with van der Waals surface area (Å²) >= 11 is 0. The van der Waals surface area contributed by atoms with E-state index in [4.69, 9.17) is 5.11 Å². The Hall–Kier alpha value is -1.10. The first-order valence-electron chi connectivity index (χ1n) is 5.88. The van der Waals surface area contributed by atoms with Gasteiger partial charge < -0.3 is 15.3 Å². The molecule has 0 aromatic rings. The number of carboxylic acid groups (broad SMARTS) is 1. The molecule has 2 N–H and O–H groups in total. The van der Waals surface area contributed by atoms with Gasteiger partial charge in [-0.25, -0.2) is 0 Å². The van der Waals surface area contributed by atoms with Gasteiger partial charge in [-0.2, -0.15) is 0 Å². The quantitative estimate of drug-likeness (QED) is 0.706. The van der Waals surface area contributed by atoms with E-state index in [1.807, 2.05) is 0 Å². The fourth-order valence-electron chi connectivity index (χ4n) is 2.49. The van der Waals surface area contributed by atoms with Crippen LogP contribution in [0.15, 0.2) is 0 Å². The second-order valence-corrected chi connectivity index (χ2v) is 4.73. The van der Waals surface area contributed by atoms with Crippen molar-refractivity contribution in [2.24, 2.45) is 11.8 Å². The normalized spacial score (nSPS) is 27.4. The van der Waals surface area contributed by atoms with Gasteiger partial charge in [-0.15, -0.1) is 0 Å². The van der Waals surface area contributed by atoms with Crippen LogP contribution in [-0.2, 0) is 9.59 Å². The Bertz CT molecular complexity index is 287. The average Bonchev–Trinajstić information content (AvgIpc) is 2.62. The zero-order valence-corrected chi connectivity index (χ0v) is 9.32. The summed E-state index contributed by atoms with van der Waals surface area (Å²) in [6, 6.07) is 0. The van der Waals surface area contributed by atoms with Gasteiger partial charge in [-0.1, -0.05) is 0 Å². The van der Waals surface area contributed by atoms with E-state index in [1.54, 1.807) is 4.90 Å². The van der Waals surface area contributed by atoms with E-state index in [9.17, 15) is 9.59 Å². The maximum Gasteiger partial charge on any atom is 0.308 e. The van der Waals surface area contributed by atoms with Gasteiger partial charge in [0.15, 0.2) is 0 Å². The van der Waals surface area contributed by atoms with E-state index in [1.165, 1.54) is 0 Å². The largest absolute Gasteiger partial charge is 0.481 e. The van der Waals surface area contributed by atoms with E-state index in [0.717, 1.165) is 32.5 Å². The predicted molar refractivity (Wildman–Crippen MR) is 57.9 cm³/mol. The van der Waals surface area contributed by atoms with Gasteiger partial charge in [0.05, 0.1) is 5.92 Å². The number of hydrogen-bond acceptors (Lipinski definition) is 3. The molecule has 0 bridgehead atoms. The molecule has 2 fully saturated rings. The van der Waals surface area contributed by atoms with E-state index in [0.29, 0.717) is 12.5 Å². The lowest BCUT2D eigenvalue weighted by atomic mass is 9.98. The first kappa shape index (κ1) is 11.4. The predicted octanol–water partition coefficient (Wildman–Crippen LogP) is -0.0809. The maximum atomic E-state index is 11.6. The molecule has 2 aliphatic heterocycles. The summed E-state index contributed by atoms with van der Waals surface area (Å²) in [5, 5.41) is 12.1. The molecule has 1 unspecified atom stereocenters. The van der Waals surface area contributed by atoms with Crippen molar-refractivity contribution < 1.29 is 14.7 Å². The summed E-state index contributed by atoms with van der Waals surface area (Å²) in [6.45, 7) is 3.16. The molecule has 0 spiro atoms. The zero-order valence-electron chi connectivity index (χ0n) is 9.32. The van der Waals surface area contributed by atoms with Crippen LogP contribution in [0.25, 0.3) is 0 Å². The molecule has 90 valence electrons. The molecule has 1 amide bonds. The molecule has 16 heavy (non-hydrogen) atoms. The smallest absolute Gasteiger partial charge is 0.308 e. The van der Waals surface area contributed by atoms with Crippen LogP contribution in [0.5, 0.6) is 0 Å². The van der Waals surface area contributed by atoms with Crippen LogP contribution in [-0.4, -0.2) is 48.1 Å². The monoisotopic (exact) mass is 226 g/mol. The van der Waals surface area contributed by atoms with Crippen molar-refractivity contribution in [3.63, 3.8) is 0 Å². The molecule has 0 radical (unpaired) electrons. The van der Waals surface area contributed by atoms with Crippen LogP contribution >= 0.6 is 0 Å². The van der Waals surface area contributed by atoms with Crippen molar-refractivity contribution in [3.05, 3.63) is 0 Å². The number of nitrogens with zero attached hydrogens (tertiary/aromatic N) is 1. The number of rotatable bonds is 3. The maximum absolute atomic E-state index is 11.6. The van der Waals surface area contributed by atoms with Crippen LogP contribution in [0.2, 0.25) is 0 Å². The molecule has 2 saturated heterocycles. The van der Waals surface area contributed by atoms with Crippen LogP contribution in [0, 0.1) is 11.8 Å². The minimum absolute atomic E-state index is 0.00549. The second-order valence-electron chi connectivity index (χ2n) is 4.73. The Morgan fingerprint density at radius 3 is 2.69 bits per heavy atom. The third kappa shape index (κ3) is 2.52. The van der Waals surface area contributed by atoms with Gasteiger partial charge in [0.2, 0.25) is 5.91 Å². The molecule has 2 rings (SSSR count). The SMILES string of the molecule is O=C(O)C1CC(=O)N(CC2CCNCC2)C1. The van der Waals surface area contributed by atoms with E-state index >= 15 is 0 Å². The summed E-state index contributed by atoms with van der Waals surface area (Å²) in [7, 11) is 0. The highest BCUT2D eigenvalue weighted by atomic mass is 16.4. The molecule has 0 aromatic carbocycles.